The molecular formula is C30H25ClF3N3O6. The number of carboxylic acid groups (broad SMARTS) is 1. The Balaban J connectivity index is 1.42. The van der Waals surface area contributed by atoms with Gasteiger partial charge in [0.25, 0.3) is 5.91 Å². The molecule has 224 valence electrons. The standard InChI is InChI=1S/C30H25ClF3N3O6/c1-16-25(36-29(41)42-17(2)22-5-3-4-6-23(22)31)26(43-37-16)19-9-11-20(12-10-19)27(38)35-24(28(39)40)15-18-7-13-21(14-8-18)30(32,33)34/h3-14,17,24H,15H2,1-2H3,(H,35,38)(H,36,41)(H,39,40)/t17?,24-/m1/s1. The van der Waals surface area contributed by atoms with E-state index in [1.54, 1.807) is 38.1 Å². The van der Waals surface area contributed by atoms with Crippen molar-refractivity contribution in [3.8, 4) is 11.3 Å². The van der Waals surface area contributed by atoms with Crippen LogP contribution in [0.2, 0.25) is 5.02 Å². The second kappa shape index (κ2) is 13.0. The molecule has 1 heterocycles. The number of carboxylic acids is 1. The van der Waals surface area contributed by atoms with E-state index in [1.165, 1.54) is 24.3 Å². The van der Waals surface area contributed by atoms with Crippen LogP contribution in [0.4, 0.5) is 23.7 Å². The van der Waals surface area contributed by atoms with Crippen molar-refractivity contribution in [2.45, 2.75) is 38.6 Å². The number of benzene rings is 3. The third-order valence-electron chi connectivity index (χ3n) is 6.45. The monoisotopic (exact) mass is 615 g/mol. The lowest BCUT2D eigenvalue weighted by Crippen LogP contribution is -2.42. The minimum Gasteiger partial charge on any atom is -0.480 e. The SMILES string of the molecule is Cc1noc(-c2ccc(C(=O)N[C@H](Cc3ccc(C(F)(F)F)cc3)C(=O)O)cc2)c1NC(=O)OC(C)c1ccccc1Cl. The first kappa shape index (κ1) is 31.1. The van der Waals surface area contributed by atoms with Crippen LogP contribution in [-0.4, -0.2) is 34.3 Å². The van der Waals surface area contributed by atoms with Crippen LogP contribution in [0.3, 0.4) is 0 Å². The first-order valence-corrected chi connectivity index (χ1v) is 13.2. The Kier molecular flexibility index (Phi) is 9.40. The van der Waals surface area contributed by atoms with Gasteiger partial charge in [-0.3, -0.25) is 10.1 Å². The average molecular weight is 616 g/mol. The summed E-state index contributed by atoms with van der Waals surface area (Å²) >= 11 is 6.18. The van der Waals surface area contributed by atoms with E-state index in [0.29, 0.717) is 27.4 Å². The average Bonchev–Trinajstić information content (AvgIpc) is 3.32. The molecule has 0 aliphatic carbocycles. The van der Waals surface area contributed by atoms with Gasteiger partial charge in [-0.05, 0) is 49.7 Å². The maximum absolute atomic E-state index is 12.8. The molecule has 43 heavy (non-hydrogen) atoms. The third kappa shape index (κ3) is 7.72. The van der Waals surface area contributed by atoms with Crippen LogP contribution < -0.4 is 10.6 Å². The number of anilines is 1. The molecule has 1 aromatic heterocycles. The number of carbonyl (C=O) groups is 3. The summed E-state index contributed by atoms with van der Waals surface area (Å²) in [5.74, 6) is -1.87. The Labute approximate surface area is 248 Å². The summed E-state index contributed by atoms with van der Waals surface area (Å²) < 4.78 is 49.3. The Morgan fingerprint density at radius 1 is 1.02 bits per heavy atom. The van der Waals surface area contributed by atoms with Gasteiger partial charge in [0, 0.05) is 28.1 Å². The normalized spacial score (nSPS) is 12.7. The number of rotatable bonds is 9. The quantitative estimate of drug-likeness (QED) is 0.184. The predicted molar refractivity (Wildman–Crippen MR) is 151 cm³/mol. The molecule has 0 saturated carbocycles. The number of ether oxygens (including phenoxy) is 1. The molecule has 0 radical (unpaired) electrons. The molecule has 1 unspecified atom stereocenters. The fourth-order valence-corrected chi connectivity index (χ4v) is 4.44. The van der Waals surface area contributed by atoms with E-state index in [1.807, 2.05) is 0 Å². The van der Waals surface area contributed by atoms with Gasteiger partial charge in [0.1, 0.15) is 23.5 Å². The van der Waals surface area contributed by atoms with Gasteiger partial charge in [0.05, 0.1) is 5.56 Å². The van der Waals surface area contributed by atoms with Crippen LogP contribution in [0.1, 0.15) is 45.8 Å². The highest BCUT2D eigenvalue weighted by Gasteiger charge is 2.30. The minimum atomic E-state index is -4.52. The molecule has 9 nitrogen and oxygen atoms in total. The van der Waals surface area contributed by atoms with Crippen LogP contribution >= 0.6 is 11.6 Å². The first-order chi connectivity index (χ1) is 20.3. The molecule has 2 atom stereocenters. The highest BCUT2D eigenvalue weighted by molar-refractivity contribution is 6.31. The van der Waals surface area contributed by atoms with E-state index in [4.69, 9.17) is 20.9 Å². The predicted octanol–water partition coefficient (Wildman–Crippen LogP) is 7.06. The smallest absolute Gasteiger partial charge is 0.416 e. The number of nitrogens with one attached hydrogen (secondary N) is 2. The van der Waals surface area contributed by atoms with Gasteiger partial charge in [0.15, 0.2) is 5.76 Å². The van der Waals surface area contributed by atoms with E-state index < -0.39 is 41.9 Å². The fourth-order valence-electron chi connectivity index (χ4n) is 4.15. The number of hydrogen-bond donors (Lipinski definition) is 3. The van der Waals surface area contributed by atoms with Crippen molar-refractivity contribution in [3.05, 3.63) is 106 Å². The molecule has 0 aliphatic rings. The zero-order valence-electron chi connectivity index (χ0n) is 22.7. The summed E-state index contributed by atoms with van der Waals surface area (Å²) in [7, 11) is 0. The summed E-state index contributed by atoms with van der Waals surface area (Å²) in [6.07, 6.45) is -6.17. The number of aromatic nitrogens is 1. The summed E-state index contributed by atoms with van der Waals surface area (Å²) in [5.41, 5.74) is 1.24. The van der Waals surface area contributed by atoms with Gasteiger partial charge in [-0.1, -0.05) is 59.2 Å². The number of halogens is 4. The maximum Gasteiger partial charge on any atom is 0.416 e. The molecule has 0 saturated heterocycles. The number of amides is 2. The topological polar surface area (TPSA) is 131 Å². The highest BCUT2D eigenvalue weighted by atomic mass is 35.5. The van der Waals surface area contributed by atoms with Gasteiger partial charge >= 0.3 is 18.2 Å². The molecule has 13 heteroatoms. The summed E-state index contributed by atoms with van der Waals surface area (Å²) in [4.78, 5) is 37.2. The van der Waals surface area contributed by atoms with Crippen molar-refractivity contribution in [3.63, 3.8) is 0 Å². The van der Waals surface area contributed by atoms with Crippen molar-refractivity contribution < 1.29 is 41.9 Å². The number of hydrogen-bond acceptors (Lipinski definition) is 6. The zero-order chi connectivity index (χ0) is 31.3. The van der Waals surface area contributed by atoms with Crippen LogP contribution in [0.5, 0.6) is 0 Å². The molecule has 2 amide bonds. The maximum atomic E-state index is 12.8. The van der Waals surface area contributed by atoms with E-state index in [0.717, 1.165) is 24.3 Å². The van der Waals surface area contributed by atoms with Gasteiger partial charge in [-0.2, -0.15) is 13.2 Å². The lowest BCUT2D eigenvalue weighted by molar-refractivity contribution is -0.139. The van der Waals surface area contributed by atoms with E-state index >= 15 is 0 Å². The molecule has 3 aromatic carbocycles. The Hall–Kier alpha value is -4.84. The Morgan fingerprint density at radius 3 is 2.28 bits per heavy atom. The van der Waals surface area contributed by atoms with Crippen molar-refractivity contribution in [1.29, 1.82) is 0 Å². The van der Waals surface area contributed by atoms with E-state index in [-0.39, 0.29) is 23.4 Å². The molecule has 3 N–H and O–H groups in total. The van der Waals surface area contributed by atoms with Gasteiger partial charge in [-0.15, -0.1) is 0 Å². The number of aliphatic carboxylic acids is 1. The van der Waals surface area contributed by atoms with Crippen molar-refractivity contribution in [1.82, 2.24) is 10.5 Å². The van der Waals surface area contributed by atoms with Crippen LogP contribution in [0, 0.1) is 6.92 Å². The van der Waals surface area contributed by atoms with Crippen molar-refractivity contribution in [2.24, 2.45) is 0 Å². The lowest BCUT2D eigenvalue weighted by Gasteiger charge is -2.16. The fraction of sp³-hybridized carbons (Fsp3) is 0.200. The van der Waals surface area contributed by atoms with Crippen molar-refractivity contribution in [2.75, 3.05) is 5.32 Å². The number of alkyl halides is 3. The molecule has 0 spiro atoms. The number of aryl methyl sites for hydroxylation is 1. The van der Waals surface area contributed by atoms with Crippen LogP contribution in [0.25, 0.3) is 11.3 Å². The molecule has 0 aliphatic heterocycles. The van der Waals surface area contributed by atoms with Crippen molar-refractivity contribution >= 4 is 35.3 Å². The van der Waals surface area contributed by atoms with Gasteiger partial charge in [0.2, 0.25) is 0 Å². The van der Waals surface area contributed by atoms with Gasteiger partial charge in [-0.25, -0.2) is 9.59 Å². The number of carbonyl (C=O) groups excluding carboxylic acids is 2. The summed E-state index contributed by atoms with van der Waals surface area (Å²) in [5, 5.41) is 18.9. The number of nitrogens with zero attached hydrogens (tertiary/aromatic N) is 1. The van der Waals surface area contributed by atoms with Crippen LogP contribution in [-0.2, 0) is 22.1 Å². The Morgan fingerprint density at radius 2 is 1.67 bits per heavy atom. The lowest BCUT2D eigenvalue weighted by atomic mass is 10.0. The van der Waals surface area contributed by atoms with Gasteiger partial charge < -0.3 is 19.7 Å². The highest BCUT2D eigenvalue weighted by Crippen LogP contribution is 2.32. The molecule has 0 fully saturated rings. The molecule has 4 rings (SSSR count). The second-order valence-electron chi connectivity index (χ2n) is 9.51. The molecular weight excluding hydrogens is 591 g/mol. The molecule has 0 bridgehead atoms. The third-order valence-corrected chi connectivity index (χ3v) is 6.79. The van der Waals surface area contributed by atoms with E-state index in [2.05, 4.69) is 15.8 Å². The minimum absolute atomic E-state index is 0.112. The summed E-state index contributed by atoms with van der Waals surface area (Å²) in [6, 6.07) is 15.5. The largest absolute Gasteiger partial charge is 0.480 e. The second-order valence-corrected chi connectivity index (χ2v) is 9.91. The van der Waals surface area contributed by atoms with Crippen LogP contribution in [0.15, 0.2) is 77.3 Å². The molecule has 4 aromatic rings. The Bertz CT molecular complexity index is 1620. The zero-order valence-corrected chi connectivity index (χ0v) is 23.5. The summed E-state index contributed by atoms with van der Waals surface area (Å²) in [6.45, 7) is 3.29. The first-order valence-electron chi connectivity index (χ1n) is 12.8. The van der Waals surface area contributed by atoms with E-state index in [9.17, 15) is 32.7 Å².